The van der Waals surface area contributed by atoms with Crippen molar-refractivity contribution in [2.24, 2.45) is 0 Å². The van der Waals surface area contributed by atoms with Crippen LogP contribution < -0.4 is 0 Å². The summed E-state index contributed by atoms with van der Waals surface area (Å²) in [7, 11) is 0. The summed E-state index contributed by atoms with van der Waals surface area (Å²) in [4.78, 5) is 0. The maximum Gasteiger partial charge on any atom is 0.0541 e. The number of para-hydroxylation sites is 3. The van der Waals surface area contributed by atoms with Crippen LogP contribution in [0.2, 0.25) is 0 Å². The van der Waals surface area contributed by atoms with Crippen molar-refractivity contribution >= 4 is 38.8 Å². The summed E-state index contributed by atoms with van der Waals surface area (Å²) in [5.74, 6) is 0. The lowest BCUT2D eigenvalue weighted by Crippen LogP contribution is -2.00. The Morgan fingerprint density at radius 1 is 0.360 bits per heavy atom. The van der Waals surface area contributed by atoms with Gasteiger partial charge in [0.1, 0.15) is 0 Å². The molecule has 2 aromatic heterocycles. The lowest BCUT2D eigenvalue weighted by molar-refractivity contribution is 0.967. The largest absolute Gasteiger partial charge is 0.310 e. The molecule has 1 aliphatic rings. The molecule has 0 amide bonds. The first kappa shape index (κ1) is 28.6. The fourth-order valence-electron chi connectivity index (χ4n) is 8.19. The van der Waals surface area contributed by atoms with Crippen LogP contribution >= 0.6 is 0 Å². The van der Waals surface area contributed by atoms with Gasteiger partial charge in [-0.1, -0.05) is 133 Å². The molecule has 0 saturated heterocycles. The number of benzene rings is 7. The number of aromatic nitrogens is 2. The van der Waals surface area contributed by atoms with Crippen LogP contribution in [-0.2, 0) is 6.42 Å². The van der Waals surface area contributed by atoms with E-state index in [9.17, 15) is 0 Å². The second kappa shape index (κ2) is 11.6. The molecule has 0 radical (unpaired) electrons. The third-order valence-electron chi connectivity index (χ3n) is 10.5. The number of rotatable bonds is 5. The molecule has 0 aliphatic heterocycles. The van der Waals surface area contributed by atoms with Gasteiger partial charge in [0.15, 0.2) is 0 Å². The minimum atomic E-state index is 1.09. The summed E-state index contributed by atoms with van der Waals surface area (Å²) in [6, 6.07) is 62.0. The van der Waals surface area contributed by atoms with Crippen LogP contribution in [0.3, 0.4) is 0 Å². The van der Waals surface area contributed by atoms with E-state index in [1.54, 1.807) is 0 Å². The molecule has 0 spiro atoms. The van der Waals surface area contributed by atoms with Gasteiger partial charge in [0.05, 0.1) is 16.6 Å². The molecule has 0 unspecified atom stereocenters. The lowest BCUT2D eigenvalue weighted by Gasteiger charge is -2.16. The van der Waals surface area contributed by atoms with Crippen molar-refractivity contribution in [2.45, 2.75) is 12.8 Å². The van der Waals surface area contributed by atoms with Gasteiger partial charge in [0.2, 0.25) is 0 Å². The molecule has 236 valence electrons. The number of fused-ring (bicyclic) bond motifs is 6. The predicted octanol–water partition coefficient (Wildman–Crippen LogP) is 12.7. The molecule has 1 aliphatic carbocycles. The normalized spacial score (nSPS) is 12.6. The first-order valence-corrected chi connectivity index (χ1v) is 17.5. The van der Waals surface area contributed by atoms with Crippen molar-refractivity contribution in [1.82, 2.24) is 9.13 Å². The second-order valence-corrected chi connectivity index (χ2v) is 13.2. The van der Waals surface area contributed by atoms with E-state index < -0.39 is 0 Å². The van der Waals surface area contributed by atoms with Crippen molar-refractivity contribution in [3.05, 3.63) is 187 Å². The molecule has 10 rings (SSSR count). The van der Waals surface area contributed by atoms with Gasteiger partial charge in [0.25, 0.3) is 0 Å². The summed E-state index contributed by atoms with van der Waals surface area (Å²) in [6.07, 6.45) is 6.79. The highest BCUT2D eigenvalue weighted by atomic mass is 15.0. The van der Waals surface area contributed by atoms with E-state index in [2.05, 4.69) is 191 Å². The Morgan fingerprint density at radius 2 is 0.780 bits per heavy atom. The maximum atomic E-state index is 2.42. The molecule has 0 N–H and O–H groups in total. The first-order chi connectivity index (χ1) is 24.8. The van der Waals surface area contributed by atoms with Gasteiger partial charge in [-0.05, 0) is 100 Å². The van der Waals surface area contributed by atoms with Gasteiger partial charge >= 0.3 is 0 Å². The van der Waals surface area contributed by atoms with Crippen LogP contribution in [0.25, 0.3) is 83.5 Å². The zero-order valence-electron chi connectivity index (χ0n) is 27.6. The van der Waals surface area contributed by atoms with E-state index in [4.69, 9.17) is 0 Å². The van der Waals surface area contributed by atoms with Crippen LogP contribution in [-0.4, -0.2) is 9.13 Å². The van der Waals surface area contributed by atoms with Crippen molar-refractivity contribution in [3.8, 4) is 44.8 Å². The van der Waals surface area contributed by atoms with E-state index in [0.717, 1.165) is 18.5 Å². The zero-order valence-corrected chi connectivity index (χ0v) is 27.6. The zero-order chi connectivity index (χ0) is 33.0. The molecular weight excluding hydrogens is 605 g/mol. The first-order valence-electron chi connectivity index (χ1n) is 17.5. The number of allylic oxidation sites excluding steroid dienone is 1. The molecule has 2 heteroatoms. The van der Waals surface area contributed by atoms with Crippen molar-refractivity contribution in [2.75, 3.05) is 0 Å². The monoisotopic (exact) mass is 638 g/mol. The van der Waals surface area contributed by atoms with Crippen molar-refractivity contribution in [1.29, 1.82) is 0 Å². The van der Waals surface area contributed by atoms with E-state index in [1.165, 1.54) is 83.0 Å². The number of hydrogen-bond donors (Lipinski definition) is 0. The topological polar surface area (TPSA) is 9.86 Å². The Morgan fingerprint density at radius 3 is 1.32 bits per heavy atom. The quantitative estimate of drug-likeness (QED) is 0.178. The number of aryl methyl sites for hydroxylation is 1. The summed E-state index contributed by atoms with van der Waals surface area (Å²) in [5, 5.41) is 3.92. The average Bonchev–Trinajstić information content (AvgIpc) is 3.71. The van der Waals surface area contributed by atoms with Crippen molar-refractivity contribution < 1.29 is 0 Å². The van der Waals surface area contributed by atoms with Crippen LogP contribution in [0.15, 0.2) is 176 Å². The molecule has 7 aromatic carbocycles. The van der Waals surface area contributed by atoms with E-state index in [0.29, 0.717) is 0 Å². The molecule has 0 bridgehead atoms. The molecule has 9 aromatic rings. The van der Waals surface area contributed by atoms with E-state index in [1.807, 2.05) is 0 Å². The standard InChI is InChI=1S/C48H34N2/c1-3-15-39(37(13-1)33-25-29-35(30-26-33)49-45-21-9-5-17-41(45)42-18-6-10-22-46(42)49)40-16-4-2-14-38(40)34-27-31-36(32-28-34)50-47-23-11-7-19-43(47)44-20-8-12-24-48(44)50/h1-7,9-19,21-32H,8,20H2. The van der Waals surface area contributed by atoms with Gasteiger partial charge in [-0.2, -0.15) is 0 Å². The Balaban J connectivity index is 1.04. The smallest absolute Gasteiger partial charge is 0.0541 e. The molecule has 0 saturated carbocycles. The fraction of sp³-hybridized carbons (Fsp3) is 0.0417. The molecule has 50 heavy (non-hydrogen) atoms. The van der Waals surface area contributed by atoms with Gasteiger partial charge in [-0.25, -0.2) is 0 Å². The van der Waals surface area contributed by atoms with Gasteiger partial charge in [-0.15, -0.1) is 0 Å². The minimum Gasteiger partial charge on any atom is -0.310 e. The Bertz CT molecular complexity index is 2680. The van der Waals surface area contributed by atoms with Gasteiger partial charge < -0.3 is 9.13 Å². The second-order valence-electron chi connectivity index (χ2n) is 13.2. The third kappa shape index (κ3) is 4.49. The highest BCUT2D eigenvalue weighted by molar-refractivity contribution is 6.09. The van der Waals surface area contributed by atoms with Crippen LogP contribution in [0, 0.1) is 0 Å². The average molecular weight is 639 g/mol. The van der Waals surface area contributed by atoms with Crippen LogP contribution in [0.5, 0.6) is 0 Å². The molecule has 0 fully saturated rings. The molecule has 0 atom stereocenters. The Labute approximate surface area is 291 Å². The minimum absolute atomic E-state index is 1.09. The predicted molar refractivity (Wildman–Crippen MR) is 211 cm³/mol. The summed E-state index contributed by atoms with van der Waals surface area (Å²) in [6.45, 7) is 0. The number of hydrogen-bond acceptors (Lipinski definition) is 0. The third-order valence-corrected chi connectivity index (χ3v) is 10.5. The summed E-state index contributed by atoms with van der Waals surface area (Å²) in [5.41, 5.74) is 16.2. The van der Waals surface area contributed by atoms with Crippen molar-refractivity contribution in [3.63, 3.8) is 0 Å². The highest BCUT2D eigenvalue weighted by Gasteiger charge is 2.19. The Hall–Kier alpha value is -6.38. The van der Waals surface area contributed by atoms with Gasteiger partial charge in [-0.3, -0.25) is 0 Å². The lowest BCUT2D eigenvalue weighted by atomic mass is 9.89. The van der Waals surface area contributed by atoms with E-state index in [-0.39, 0.29) is 0 Å². The Kier molecular flexibility index (Phi) is 6.67. The molecule has 2 heterocycles. The SMILES string of the molecule is C1=Cc2c(c3ccccc3n2-c2ccc(-c3ccccc3-c3ccccc3-c3ccc(-n4c5ccccc5c5ccccc54)cc3)cc2)CC1. The summed E-state index contributed by atoms with van der Waals surface area (Å²) >= 11 is 0. The fourth-order valence-corrected chi connectivity index (χ4v) is 8.19. The highest BCUT2D eigenvalue weighted by Crippen LogP contribution is 2.40. The molecule has 2 nitrogen and oxygen atoms in total. The summed E-state index contributed by atoms with van der Waals surface area (Å²) < 4.78 is 4.80. The number of nitrogens with zero attached hydrogens (tertiary/aromatic N) is 2. The molecular formula is C48H34N2. The van der Waals surface area contributed by atoms with E-state index >= 15 is 0 Å². The van der Waals surface area contributed by atoms with Crippen LogP contribution in [0.4, 0.5) is 0 Å². The van der Waals surface area contributed by atoms with Crippen LogP contribution in [0.1, 0.15) is 17.7 Å². The van der Waals surface area contributed by atoms with Gasteiger partial charge in [0, 0.05) is 33.2 Å². The maximum absolute atomic E-state index is 2.42.